The van der Waals surface area contributed by atoms with Crippen LogP contribution in [0.3, 0.4) is 0 Å². The number of rotatable bonds is 2. The molecule has 0 spiro atoms. The molecular weight excluding hydrogens is 410 g/mol. The number of hydrogen-bond donors (Lipinski definition) is 0. The second kappa shape index (κ2) is 7.67. The zero-order chi connectivity index (χ0) is 22.2. The van der Waals surface area contributed by atoms with Crippen LogP contribution in [0, 0.1) is 22.7 Å². The second-order valence-electron chi connectivity index (χ2n) is 7.85. The van der Waals surface area contributed by atoms with Gasteiger partial charge in [0.05, 0.1) is 22.9 Å². The fourth-order valence-electron chi connectivity index (χ4n) is 3.31. The number of aromatic nitrogens is 3. The molecule has 2 heterocycles. The topological polar surface area (TPSA) is 105 Å². The summed E-state index contributed by atoms with van der Waals surface area (Å²) in [5.74, 6) is 0. The summed E-state index contributed by atoms with van der Waals surface area (Å²) in [6.07, 6.45) is 0.997. The van der Waals surface area contributed by atoms with Gasteiger partial charge in [-0.1, -0.05) is 24.3 Å². The fraction of sp³-hybridized carbons (Fsp3) is 0.174. The third-order valence-electron chi connectivity index (χ3n) is 4.55. The highest BCUT2D eigenvalue weighted by Gasteiger charge is 2.24. The van der Waals surface area contributed by atoms with Gasteiger partial charge in [-0.3, -0.25) is 0 Å². The molecule has 8 heteroatoms. The minimum absolute atomic E-state index is 0.0232. The molecule has 0 fully saturated rings. The van der Waals surface area contributed by atoms with Crippen molar-refractivity contribution in [2.24, 2.45) is 0 Å². The molecular formula is C23H17N5O2S. The van der Waals surface area contributed by atoms with Gasteiger partial charge in [0, 0.05) is 16.5 Å². The van der Waals surface area contributed by atoms with Gasteiger partial charge in [0.2, 0.25) is 0 Å². The molecule has 4 rings (SSSR count). The highest BCUT2D eigenvalue weighted by Crippen LogP contribution is 2.35. The first-order valence-electron chi connectivity index (χ1n) is 9.44. The molecule has 2 aromatic heterocycles. The minimum Gasteiger partial charge on any atom is -0.443 e. The van der Waals surface area contributed by atoms with E-state index in [1.54, 1.807) is 10.6 Å². The Labute approximate surface area is 182 Å². The number of carbonyl (C=O) groups excluding carboxylic acids is 1. The maximum Gasteiger partial charge on any atom is 0.419 e. The van der Waals surface area contributed by atoms with E-state index in [1.165, 1.54) is 6.08 Å². The van der Waals surface area contributed by atoms with Crippen LogP contribution < -0.4 is 0 Å². The van der Waals surface area contributed by atoms with E-state index in [2.05, 4.69) is 8.75 Å². The van der Waals surface area contributed by atoms with Crippen LogP contribution in [0.25, 0.3) is 39.3 Å². The Morgan fingerprint density at radius 2 is 1.81 bits per heavy atom. The lowest BCUT2D eigenvalue weighted by Crippen LogP contribution is -2.27. The average Bonchev–Trinajstić information content (AvgIpc) is 3.35. The zero-order valence-corrected chi connectivity index (χ0v) is 17.9. The Bertz CT molecular complexity index is 1420. The predicted octanol–water partition coefficient (Wildman–Crippen LogP) is 5.53. The summed E-state index contributed by atoms with van der Waals surface area (Å²) >= 11 is 1.03. The molecule has 7 nitrogen and oxygen atoms in total. The second-order valence-corrected chi connectivity index (χ2v) is 8.38. The molecule has 4 aromatic rings. The van der Waals surface area contributed by atoms with E-state index in [4.69, 9.17) is 15.3 Å². The van der Waals surface area contributed by atoms with E-state index >= 15 is 0 Å². The summed E-state index contributed by atoms with van der Waals surface area (Å²) in [4.78, 5) is 13.1. The molecule has 0 radical (unpaired) electrons. The number of benzene rings is 2. The summed E-state index contributed by atoms with van der Waals surface area (Å²) in [5.41, 5.74) is 3.14. The predicted molar refractivity (Wildman–Crippen MR) is 119 cm³/mol. The lowest BCUT2D eigenvalue weighted by Gasteiger charge is -2.21. The van der Waals surface area contributed by atoms with E-state index in [-0.39, 0.29) is 5.57 Å². The molecule has 152 valence electrons. The number of nitrogens with zero attached hydrogens (tertiary/aromatic N) is 5. The molecule has 31 heavy (non-hydrogen) atoms. The highest BCUT2D eigenvalue weighted by atomic mass is 32.1. The van der Waals surface area contributed by atoms with Gasteiger partial charge in [0.1, 0.15) is 34.3 Å². The van der Waals surface area contributed by atoms with Crippen LogP contribution in [-0.2, 0) is 4.74 Å². The van der Waals surface area contributed by atoms with Crippen molar-refractivity contribution in [1.82, 2.24) is 13.3 Å². The fourth-order valence-corrected chi connectivity index (χ4v) is 3.89. The number of allylic oxidation sites excluding steroid dienone is 1. The Morgan fingerprint density at radius 3 is 2.52 bits per heavy atom. The smallest absolute Gasteiger partial charge is 0.419 e. The Hall–Kier alpha value is -4.01. The van der Waals surface area contributed by atoms with Crippen LogP contribution >= 0.6 is 11.7 Å². The Kier molecular flexibility index (Phi) is 5.02. The lowest BCUT2D eigenvalue weighted by atomic mass is 10.0. The van der Waals surface area contributed by atoms with Crippen LogP contribution in [-0.4, -0.2) is 25.0 Å². The first-order chi connectivity index (χ1) is 14.8. The van der Waals surface area contributed by atoms with Crippen molar-refractivity contribution in [3.8, 4) is 23.4 Å². The molecule has 0 atom stereocenters. The molecule has 0 N–H and O–H groups in total. The van der Waals surface area contributed by atoms with Gasteiger partial charge in [-0.15, -0.1) is 0 Å². The van der Waals surface area contributed by atoms with E-state index in [0.717, 1.165) is 22.6 Å². The van der Waals surface area contributed by atoms with Crippen LogP contribution in [0.5, 0.6) is 0 Å². The summed E-state index contributed by atoms with van der Waals surface area (Å²) in [5, 5.41) is 19.1. The highest BCUT2D eigenvalue weighted by molar-refractivity contribution is 7.00. The maximum absolute atomic E-state index is 13.1. The van der Waals surface area contributed by atoms with Gasteiger partial charge in [0.15, 0.2) is 0 Å². The summed E-state index contributed by atoms with van der Waals surface area (Å²) in [7, 11) is 0. The lowest BCUT2D eigenvalue weighted by molar-refractivity contribution is 0.0547. The van der Waals surface area contributed by atoms with E-state index < -0.39 is 11.7 Å². The molecule has 0 unspecified atom stereocenters. The summed E-state index contributed by atoms with van der Waals surface area (Å²) in [6.45, 7) is 5.46. The maximum atomic E-state index is 13.1. The van der Waals surface area contributed by atoms with Crippen LogP contribution in [0.15, 0.2) is 48.0 Å². The monoisotopic (exact) mass is 427 g/mol. The van der Waals surface area contributed by atoms with Gasteiger partial charge in [0.25, 0.3) is 0 Å². The van der Waals surface area contributed by atoms with Crippen LogP contribution in [0.1, 0.15) is 26.3 Å². The molecule has 0 amide bonds. The summed E-state index contributed by atoms with van der Waals surface area (Å²) in [6, 6.07) is 16.8. The largest absolute Gasteiger partial charge is 0.443 e. The Balaban J connectivity index is 1.97. The number of para-hydroxylation sites is 1. The van der Waals surface area contributed by atoms with E-state index in [1.807, 2.05) is 69.3 Å². The van der Waals surface area contributed by atoms with Crippen molar-refractivity contribution >= 4 is 45.8 Å². The van der Waals surface area contributed by atoms with Gasteiger partial charge in [-0.25, -0.2) is 9.36 Å². The molecule has 0 saturated heterocycles. The number of fused-ring (bicyclic) bond motifs is 2. The van der Waals surface area contributed by atoms with Gasteiger partial charge in [-0.05, 0) is 45.0 Å². The molecule has 0 bridgehead atoms. The first-order valence-corrected chi connectivity index (χ1v) is 10.2. The molecule has 0 aliphatic rings. The van der Waals surface area contributed by atoms with Gasteiger partial charge >= 0.3 is 6.09 Å². The normalized spacial score (nSPS) is 11.1. The molecule has 0 saturated carbocycles. The molecule has 0 aliphatic heterocycles. The standard InChI is InChI=1S/C23H17N5O2S/c1-23(2,3)30-22(29)28-18-7-5-4-6-15(18)11-19(28)17-9-8-16(10-14(12-24)13-25)20-21(17)27-31-26-20/h4-11H,1-3H3. The van der Waals surface area contributed by atoms with Crippen molar-refractivity contribution in [2.45, 2.75) is 26.4 Å². The van der Waals surface area contributed by atoms with Gasteiger partial charge in [-0.2, -0.15) is 19.3 Å². The Morgan fingerprint density at radius 1 is 1.10 bits per heavy atom. The number of carbonyl (C=O) groups is 1. The quantitative estimate of drug-likeness (QED) is 0.390. The minimum atomic E-state index is -0.656. The first kappa shape index (κ1) is 20.3. The van der Waals surface area contributed by atoms with Crippen molar-refractivity contribution in [1.29, 1.82) is 10.5 Å². The van der Waals surface area contributed by atoms with E-state index in [9.17, 15) is 4.79 Å². The van der Waals surface area contributed by atoms with Crippen LogP contribution in [0.2, 0.25) is 0 Å². The zero-order valence-electron chi connectivity index (χ0n) is 17.1. The van der Waals surface area contributed by atoms with Crippen molar-refractivity contribution < 1.29 is 9.53 Å². The number of hydrogen-bond acceptors (Lipinski definition) is 7. The number of ether oxygens (including phenoxy) is 1. The van der Waals surface area contributed by atoms with E-state index in [0.29, 0.717) is 27.9 Å². The molecule has 2 aromatic carbocycles. The molecule has 0 aliphatic carbocycles. The third-order valence-corrected chi connectivity index (χ3v) is 5.08. The third kappa shape index (κ3) is 3.77. The average molecular weight is 427 g/mol. The van der Waals surface area contributed by atoms with Crippen molar-refractivity contribution in [3.05, 3.63) is 53.6 Å². The van der Waals surface area contributed by atoms with Crippen LogP contribution in [0.4, 0.5) is 4.79 Å². The van der Waals surface area contributed by atoms with Gasteiger partial charge < -0.3 is 4.74 Å². The SMILES string of the molecule is CC(C)(C)OC(=O)n1c(-c2ccc(C=C(C#N)C#N)c3nsnc23)cc2ccccc21. The number of nitriles is 2. The van der Waals surface area contributed by atoms with Crippen molar-refractivity contribution in [2.75, 3.05) is 0 Å². The van der Waals surface area contributed by atoms with Crippen molar-refractivity contribution in [3.63, 3.8) is 0 Å². The summed E-state index contributed by atoms with van der Waals surface area (Å²) < 4.78 is 16.0.